The highest BCUT2D eigenvalue weighted by Gasteiger charge is 2.28. The maximum atomic E-state index is 14.8. The Hall–Kier alpha value is -3.81. The van der Waals surface area contributed by atoms with Crippen molar-refractivity contribution in [1.82, 2.24) is 15.0 Å². The molecule has 0 radical (unpaired) electrons. The first-order valence-electron chi connectivity index (χ1n) is 9.51. The number of nitrogens with one attached hydrogen (secondary N) is 1. The third-order valence-corrected chi connectivity index (χ3v) is 4.90. The van der Waals surface area contributed by atoms with Crippen LogP contribution in [0.2, 0.25) is 0 Å². The zero-order valence-corrected chi connectivity index (χ0v) is 16.8. The molecule has 4 aromatic rings. The zero-order valence-electron chi connectivity index (χ0n) is 16.8. The van der Waals surface area contributed by atoms with E-state index in [1.54, 1.807) is 38.1 Å². The average molecular weight is 423 g/mol. The molecule has 0 bridgehead atoms. The summed E-state index contributed by atoms with van der Waals surface area (Å²) in [5.74, 6) is -1.25. The van der Waals surface area contributed by atoms with Crippen molar-refractivity contribution in [2.45, 2.75) is 13.8 Å². The van der Waals surface area contributed by atoms with Crippen LogP contribution in [-0.2, 0) is 4.79 Å². The van der Waals surface area contributed by atoms with Gasteiger partial charge in [-0.25, -0.2) is 18.7 Å². The van der Waals surface area contributed by atoms with E-state index in [2.05, 4.69) is 15.0 Å². The van der Waals surface area contributed by atoms with Crippen LogP contribution in [0.5, 0.6) is 5.88 Å². The zero-order chi connectivity index (χ0) is 22.2. The third kappa shape index (κ3) is 4.23. The summed E-state index contributed by atoms with van der Waals surface area (Å²) in [5.41, 5.74) is 1.54. The minimum atomic E-state index is -1.04. The number of carboxylic acid groups (broad SMARTS) is 1. The molecule has 0 saturated carbocycles. The first-order valence-corrected chi connectivity index (χ1v) is 9.51. The van der Waals surface area contributed by atoms with Gasteiger partial charge in [0.1, 0.15) is 24.1 Å². The fourth-order valence-corrected chi connectivity index (χ4v) is 2.95. The molecule has 158 valence electrons. The van der Waals surface area contributed by atoms with Crippen molar-refractivity contribution in [3.8, 4) is 28.4 Å². The molecule has 0 aliphatic rings. The molecule has 0 unspecified atom stereocenters. The lowest BCUT2D eigenvalue weighted by Crippen LogP contribution is -2.30. The van der Waals surface area contributed by atoms with Gasteiger partial charge >= 0.3 is 5.97 Å². The predicted molar refractivity (Wildman–Crippen MR) is 112 cm³/mol. The molecule has 0 spiro atoms. The molecule has 31 heavy (non-hydrogen) atoms. The number of aromatic amines is 1. The van der Waals surface area contributed by atoms with Crippen LogP contribution in [0.3, 0.4) is 0 Å². The number of carboxylic acids is 1. The molecule has 6 nitrogen and oxygen atoms in total. The van der Waals surface area contributed by atoms with Crippen LogP contribution in [0, 0.1) is 17.0 Å². The van der Waals surface area contributed by atoms with Crippen molar-refractivity contribution in [1.29, 1.82) is 0 Å². The fraction of sp³-hybridized carbons (Fsp3) is 0.174. The number of H-pyrrole nitrogens is 1. The summed E-state index contributed by atoms with van der Waals surface area (Å²) in [4.78, 5) is 22.6. The first kappa shape index (κ1) is 20.5. The number of benzene rings is 2. The molecule has 0 atom stereocenters. The number of carbonyl (C=O) groups is 1. The van der Waals surface area contributed by atoms with Gasteiger partial charge in [-0.2, -0.15) is 0 Å². The van der Waals surface area contributed by atoms with E-state index < -0.39 is 23.0 Å². The van der Waals surface area contributed by atoms with Crippen molar-refractivity contribution in [3.05, 3.63) is 66.4 Å². The van der Waals surface area contributed by atoms with Gasteiger partial charge < -0.3 is 14.8 Å². The van der Waals surface area contributed by atoms with Crippen LogP contribution in [0.1, 0.15) is 13.8 Å². The first-order chi connectivity index (χ1) is 14.7. The highest BCUT2D eigenvalue weighted by Crippen LogP contribution is 2.28. The van der Waals surface area contributed by atoms with Crippen molar-refractivity contribution in [3.63, 3.8) is 0 Å². The number of rotatable bonds is 6. The van der Waals surface area contributed by atoms with Crippen LogP contribution in [0.25, 0.3) is 33.5 Å². The van der Waals surface area contributed by atoms with Crippen LogP contribution in [0.15, 0.2) is 54.7 Å². The topological polar surface area (TPSA) is 88.1 Å². The van der Waals surface area contributed by atoms with Crippen LogP contribution in [0.4, 0.5) is 8.78 Å². The normalized spacial score (nSPS) is 11.6. The van der Waals surface area contributed by atoms with Crippen molar-refractivity contribution in [2.75, 3.05) is 6.61 Å². The van der Waals surface area contributed by atoms with Gasteiger partial charge in [0.25, 0.3) is 0 Å². The Bertz CT molecular complexity index is 1270. The van der Waals surface area contributed by atoms with E-state index >= 15 is 0 Å². The van der Waals surface area contributed by atoms with E-state index in [0.717, 1.165) is 0 Å². The van der Waals surface area contributed by atoms with E-state index in [9.17, 15) is 13.6 Å². The Kier molecular flexibility index (Phi) is 5.14. The summed E-state index contributed by atoms with van der Waals surface area (Å²) in [6.45, 7) is 3.10. The van der Waals surface area contributed by atoms with E-state index in [0.29, 0.717) is 28.0 Å². The SMILES string of the molecule is CC(C)(COc1ccc(-c2ccc(-c3nc4ccc(F)cc4[nH]3)c(F)c2)cn1)C(=O)O. The van der Waals surface area contributed by atoms with E-state index in [1.165, 1.54) is 30.5 Å². The minimum absolute atomic E-state index is 0.0284. The van der Waals surface area contributed by atoms with Crippen molar-refractivity contribution >= 4 is 17.0 Å². The van der Waals surface area contributed by atoms with Gasteiger partial charge in [-0.05, 0) is 55.8 Å². The molecule has 0 aliphatic heterocycles. The Morgan fingerprint density at radius 1 is 1.10 bits per heavy atom. The van der Waals surface area contributed by atoms with E-state index in [1.807, 2.05) is 0 Å². The minimum Gasteiger partial charge on any atom is -0.481 e. The molecule has 0 amide bonds. The number of imidazole rings is 1. The van der Waals surface area contributed by atoms with E-state index in [4.69, 9.17) is 9.84 Å². The monoisotopic (exact) mass is 423 g/mol. The van der Waals surface area contributed by atoms with Crippen LogP contribution >= 0.6 is 0 Å². The van der Waals surface area contributed by atoms with Gasteiger partial charge in [0.15, 0.2) is 0 Å². The Labute approximate surface area is 176 Å². The smallest absolute Gasteiger partial charge is 0.312 e. The number of aliphatic carboxylic acids is 1. The fourth-order valence-electron chi connectivity index (χ4n) is 2.95. The highest BCUT2D eigenvalue weighted by atomic mass is 19.1. The summed E-state index contributed by atoms with van der Waals surface area (Å²) >= 11 is 0. The number of halogens is 2. The molecular formula is C23H19F2N3O3. The van der Waals surface area contributed by atoms with Crippen molar-refractivity contribution in [2.24, 2.45) is 5.41 Å². The molecule has 2 aromatic carbocycles. The van der Waals surface area contributed by atoms with Gasteiger partial charge in [0.05, 0.1) is 22.0 Å². The lowest BCUT2D eigenvalue weighted by Gasteiger charge is -2.19. The van der Waals surface area contributed by atoms with Crippen LogP contribution < -0.4 is 4.74 Å². The summed E-state index contributed by atoms with van der Waals surface area (Å²) in [7, 11) is 0. The lowest BCUT2D eigenvalue weighted by atomic mass is 9.95. The number of ether oxygens (including phenoxy) is 1. The standard InChI is InChI=1S/C23H19F2N3O3/c1-23(2,22(29)30)12-31-20-8-4-14(11-26-20)13-3-6-16(17(25)9-13)21-27-18-7-5-15(24)10-19(18)28-21/h3-11H,12H2,1-2H3,(H,27,28)(H,29,30). The van der Waals surface area contributed by atoms with Crippen LogP contribution in [-0.4, -0.2) is 32.6 Å². The molecule has 2 aromatic heterocycles. The van der Waals surface area contributed by atoms with Gasteiger partial charge in [0.2, 0.25) is 5.88 Å². The summed E-state index contributed by atoms with van der Waals surface area (Å²) < 4.78 is 33.6. The van der Waals surface area contributed by atoms with Gasteiger partial charge in [-0.1, -0.05) is 6.07 Å². The molecule has 2 heterocycles. The summed E-state index contributed by atoms with van der Waals surface area (Å²) in [6.07, 6.45) is 1.53. The number of aromatic nitrogens is 3. The molecule has 0 aliphatic carbocycles. The summed E-state index contributed by atoms with van der Waals surface area (Å²) in [6, 6.07) is 12.2. The maximum Gasteiger partial charge on any atom is 0.312 e. The largest absolute Gasteiger partial charge is 0.481 e. The predicted octanol–water partition coefficient (Wildman–Crippen LogP) is 5.06. The second-order valence-electron chi connectivity index (χ2n) is 7.80. The van der Waals surface area contributed by atoms with Gasteiger partial charge in [-0.15, -0.1) is 0 Å². The Morgan fingerprint density at radius 2 is 1.87 bits per heavy atom. The number of hydrogen-bond donors (Lipinski definition) is 2. The summed E-state index contributed by atoms with van der Waals surface area (Å²) in [5, 5.41) is 9.14. The van der Waals surface area contributed by atoms with Gasteiger partial charge in [-0.3, -0.25) is 4.79 Å². The Balaban J connectivity index is 1.54. The molecule has 2 N–H and O–H groups in total. The van der Waals surface area contributed by atoms with E-state index in [-0.39, 0.29) is 18.1 Å². The second kappa shape index (κ2) is 7.79. The average Bonchev–Trinajstić information content (AvgIpc) is 3.15. The number of nitrogens with zero attached hydrogens (tertiary/aromatic N) is 2. The molecule has 8 heteroatoms. The molecule has 0 saturated heterocycles. The Morgan fingerprint density at radius 3 is 2.55 bits per heavy atom. The molecule has 4 rings (SSSR count). The lowest BCUT2D eigenvalue weighted by molar-refractivity contribution is -0.148. The number of hydrogen-bond acceptors (Lipinski definition) is 4. The maximum absolute atomic E-state index is 14.8. The number of fused-ring (bicyclic) bond motifs is 1. The van der Waals surface area contributed by atoms with Crippen molar-refractivity contribution < 1.29 is 23.4 Å². The number of pyridine rings is 1. The quantitative estimate of drug-likeness (QED) is 0.453. The molecule has 0 fully saturated rings. The highest BCUT2D eigenvalue weighted by molar-refractivity contribution is 5.80. The van der Waals surface area contributed by atoms with Gasteiger partial charge in [0, 0.05) is 17.8 Å². The molecular weight excluding hydrogens is 404 g/mol. The second-order valence-corrected chi connectivity index (χ2v) is 7.80. The third-order valence-electron chi connectivity index (χ3n) is 4.90.